The third-order valence-electron chi connectivity index (χ3n) is 2.68. The highest BCUT2D eigenvalue weighted by atomic mass is 16.5. The summed E-state index contributed by atoms with van der Waals surface area (Å²) in [5.74, 6) is -0.121. The van der Waals surface area contributed by atoms with Gasteiger partial charge < -0.3 is 15.8 Å². The second kappa shape index (κ2) is 4.49. The fraction of sp³-hybridized carbons (Fsp3) is 0.455. The molecule has 1 aliphatic heterocycles. The number of nitrogens with two attached hydrogens (primary N) is 1. The molecular weight excluding hydrogens is 206 g/mol. The third-order valence-corrected chi connectivity index (χ3v) is 2.68. The van der Waals surface area contributed by atoms with Gasteiger partial charge in [0.2, 0.25) is 5.91 Å². The Bertz CT molecular complexity index is 395. The molecule has 1 amide bonds. The van der Waals surface area contributed by atoms with Gasteiger partial charge in [0.1, 0.15) is 0 Å². The van der Waals surface area contributed by atoms with Gasteiger partial charge in [-0.2, -0.15) is 0 Å². The predicted molar refractivity (Wildman–Crippen MR) is 60.8 cm³/mol. The summed E-state index contributed by atoms with van der Waals surface area (Å²) in [6.45, 7) is 2.45. The minimum absolute atomic E-state index is 0.0396. The summed E-state index contributed by atoms with van der Waals surface area (Å²) < 4.78 is 5.35. The Kier molecular flexibility index (Phi) is 3.05. The first kappa shape index (κ1) is 10.9. The first-order chi connectivity index (χ1) is 7.66. The normalized spacial score (nSPS) is 24.3. The summed E-state index contributed by atoms with van der Waals surface area (Å²) in [6.07, 6.45) is 4.03. The van der Waals surface area contributed by atoms with Crippen molar-refractivity contribution in [1.29, 1.82) is 0 Å². The van der Waals surface area contributed by atoms with Gasteiger partial charge in [0.05, 0.1) is 36.2 Å². The molecule has 1 saturated heterocycles. The van der Waals surface area contributed by atoms with E-state index in [9.17, 15) is 4.79 Å². The van der Waals surface area contributed by atoms with Crippen LogP contribution < -0.4 is 11.1 Å². The Labute approximate surface area is 94.0 Å². The van der Waals surface area contributed by atoms with Crippen molar-refractivity contribution in [3.8, 4) is 0 Å². The van der Waals surface area contributed by atoms with Gasteiger partial charge in [-0.1, -0.05) is 0 Å². The molecule has 1 aromatic rings. The lowest BCUT2D eigenvalue weighted by atomic mass is 10.1. The Morgan fingerprint density at radius 2 is 2.50 bits per heavy atom. The highest BCUT2D eigenvalue weighted by Gasteiger charge is 2.28. The Morgan fingerprint density at radius 3 is 3.12 bits per heavy atom. The van der Waals surface area contributed by atoms with Gasteiger partial charge in [-0.3, -0.25) is 9.78 Å². The largest absolute Gasteiger partial charge is 0.396 e. The highest BCUT2D eigenvalue weighted by molar-refractivity contribution is 5.95. The van der Waals surface area contributed by atoms with Crippen molar-refractivity contribution >= 4 is 17.3 Å². The standard InChI is InChI=1S/C11H15N3O2/c1-7-4-8(6-16-7)11(15)14-10-2-3-13-5-9(10)12/h2-3,5,7-8H,4,6,12H2,1H3,(H,13,14,15). The minimum Gasteiger partial charge on any atom is -0.396 e. The van der Waals surface area contributed by atoms with Gasteiger partial charge in [-0.15, -0.1) is 0 Å². The molecule has 86 valence electrons. The number of carbonyl (C=O) groups is 1. The van der Waals surface area contributed by atoms with E-state index in [1.54, 1.807) is 12.3 Å². The first-order valence-corrected chi connectivity index (χ1v) is 5.29. The Hall–Kier alpha value is -1.62. The van der Waals surface area contributed by atoms with Crippen molar-refractivity contribution in [3.63, 3.8) is 0 Å². The molecule has 0 aromatic carbocycles. The van der Waals surface area contributed by atoms with Gasteiger partial charge in [0.15, 0.2) is 0 Å². The lowest BCUT2D eigenvalue weighted by Crippen LogP contribution is -2.23. The zero-order chi connectivity index (χ0) is 11.5. The number of ether oxygens (including phenoxy) is 1. The molecule has 2 unspecified atom stereocenters. The van der Waals surface area contributed by atoms with Crippen molar-refractivity contribution in [2.75, 3.05) is 17.7 Å². The highest BCUT2D eigenvalue weighted by Crippen LogP contribution is 2.22. The van der Waals surface area contributed by atoms with E-state index in [-0.39, 0.29) is 17.9 Å². The molecule has 1 aliphatic rings. The number of nitrogen functional groups attached to an aromatic ring is 1. The molecule has 2 rings (SSSR count). The molecule has 0 saturated carbocycles. The van der Waals surface area contributed by atoms with Crippen LogP contribution in [0, 0.1) is 5.92 Å². The second-order valence-corrected chi connectivity index (χ2v) is 4.03. The molecule has 16 heavy (non-hydrogen) atoms. The average molecular weight is 221 g/mol. The zero-order valence-electron chi connectivity index (χ0n) is 9.14. The molecular formula is C11H15N3O2. The van der Waals surface area contributed by atoms with Gasteiger partial charge in [0.25, 0.3) is 0 Å². The molecule has 0 aliphatic carbocycles. The first-order valence-electron chi connectivity index (χ1n) is 5.29. The molecule has 2 atom stereocenters. The van der Waals surface area contributed by atoms with Gasteiger partial charge >= 0.3 is 0 Å². The summed E-state index contributed by atoms with van der Waals surface area (Å²) in [4.78, 5) is 15.7. The van der Waals surface area contributed by atoms with Gasteiger partial charge in [0, 0.05) is 6.20 Å². The Morgan fingerprint density at radius 1 is 1.69 bits per heavy atom. The number of carbonyl (C=O) groups excluding carboxylic acids is 1. The summed E-state index contributed by atoms with van der Waals surface area (Å²) in [7, 11) is 0. The molecule has 3 N–H and O–H groups in total. The topological polar surface area (TPSA) is 77.2 Å². The summed E-state index contributed by atoms with van der Waals surface area (Å²) >= 11 is 0. The summed E-state index contributed by atoms with van der Waals surface area (Å²) in [6, 6.07) is 1.69. The monoisotopic (exact) mass is 221 g/mol. The van der Waals surface area contributed by atoms with E-state index in [0.29, 0.717) is 18.0 Å². The van der Waals surface area contributed by atoms with Crippen LogP contribution in [0.2, 0.25) is 0 Å². The molecule has 5 nitrogen and oxygen atoms in total. The van der Waals surface area contributed by atoms with Crippen molar-refractivity contribution in [2.45, 2.75) is 19.4 Å². The quantitative estimate of drug-likeness (QED) is 0.781. The lowest BCUT2D eigenvalue weighted by molar-refractivity contribution is -0.119. The zero-order valence-corrected chi connectivity index (χ0v) is 9.14. The summed E-state index contributed by atoms with van der Waals surface area (Å²) in [5, 5.41) is 2.79. The van der Waals surface area contributed by atoms with Crippen molar-refractivity contribution < 1.29 is 9.53 Å². The van der Waals surface area contributed by atoms with E-state index in [1.165, 1.54) is 6.20 Å². The van der Waals surface area contributed by atoms with Crippen LogP contribution in [0.4, 0.5) is 11.4 Å². The molecule has 0 bridgehead atoms. The number of nitrogens with zero attached hydrogens (tertiary/aromatic N) is 1. The van der Waals surface area contributed by atoms with E-state index >= 15 is 0 Å². The fourth-order valence-electron chi connectivity index (χ4n) is 1.76. The number of aromatic nitrogens is 1. The third kappa shape index (κ3) is 2.30. The number of amides is 1. The number of anilines is 2. The number of pyridine rings is 1. The van der Waals surface area contributed by atoms with E-state index in [0.717, 1.165) is 6.42 Å². The van der Waals surface area contributed by atoms with Crippen LogP contribution in [0.1, 0.15) is 13.3 Å². The maximum Gasteiger partial charge on any atom is 0.229 e. The van der Waals surface area contributed by atoms with Crippen LogP contribution in [0.15, 0.2) is 18.5 Å². The van der Waals surface area contributed by atoms with E-state index < -0.39 is 0 Å². The number of hydrogen-bond donors (Lipinski definition) is 2. The lowest BCUT2D eigenvalue weighted by Gasteiger charge is -2.10. The number of rotatable bonds is 2. The SMILES string of the molecule is CC1CC(C(=O)Nc2ccncc2N)CO1. The van der Waals surface area contributed by atoms with Crippen LogP contribution in [-0.4, -0.2) is 23.6 Å². The maximum absolute atomic E-state index is 11.8. The Balaban J connectivity index is 2.00. The van der Waals surface area contributed by atoms with Crippen molar-refractivity contribution in [2.24, 2.45) is 5.92 Å². The predicted octanol–water partition coefficient (Wildman–Crippen LogP) is 1.03. The van der Waals surface area contributed by atoms with E-state index in [1.807, 2.05) is 6.92 Å². The van der Waals surface area contributed by atoms with Crippen LogP contribution >= 0.6 is 0 Å². The van der Waals surface area contributed by atoms with Crippen LogP contribution in [0.5, 0.6) is 0 Å². The molecule has 0 radical (unpaired) electrons. The van der Waals surface area contributed by atoms with E-state index in [2.05, 4.69) is 10.3 Å². The van der Waals surface area contributed by atoms with Gasteiger partial charge in [-0.05, 0) is 19.4 Å². The maximum atomic E-state index is 11.8. The summed E-state index contributed by atoms with van der Waals surface area (Å²) in [5.41, 5.74) is 6.77. The van der Waals surface area contributed by atoms with E-state index in [4.69, 9.17) is 10.5 Å². The molecule has 5 heteroatoms. The molecule has 1 fully saturated rings. The molecule has 1 aromatic heterocycles. The van der Waals surface area contributed by atoms with Crippen molar-refractivity contribution in [3.05, 3.63) is 18.5 Å². The second-order valence-electron chi connectivity index (χ2n) is 4.03. The van der Waals surface area contributed by atoms with Crippen molar-refractivity contribution in [1.82, 2.24) is 4.98 Å². The van der Waals surface area contributed by atoms with Crippen LogP contribution in [0.3, 0.4) is 0 Å². The number of nitrogens with one attached hydrogen (secondary N) is 1. The molecule has 0 spiro atoms. The smallest absolute Gasteiger partial charge is 0.229 e. The minimum atomic E-state index is -0.0810. The number of hydrogen-bond acceptors (Lipinski definition) is 4. The fourth-order valence-corrected chi connectivity index (χ4v) is 1.76. The van der Waals surface area contributed by atoms with Gasteiger partial charge in [-0.25, -0.2) is 0 Å². The molecule has 2 heterocycles. The average Bonchev–Trinajstić information content (AvgIpc) is 2.68. The van der Waals surface area contributed by atoms with Crippen LogP contribution in [0.25, 0.3) is 0 Å². The van der Waals surface area contributed by atoms with Crippen LogP contribution in [-0.2, 0) is 9.53 Å².